The van der Waals surface area contributed by atoms with Crippen molar-refractivity contribution in [3.63, 3.8) is 0 Å². The number of rotatable bonds is 5. The van der Waals surface area contributed by atoms with Crippen LogP contribution in [0.5, 0.6) is 0 Å². The van der Waals surface area contributed by atoms with E-state index < -0.39 is 12.5 Å². The standard InChI is InChI=1S/C14H18F2N4O/c1-8(6-11-7-9(2)18-19-11)17-13(21)12-5-4-10(3)20(12)14(15)16/h4-5,7-8,14H,6H2,1-3H3,(H,17,21)(H,18,19)/t8-/m0/s1. The summed E-state index contributed by atoms with van der Waals surface area (Å²) in [5.41, 5.74) is 2.07. The van der Waals surface area contributed by atoms with Crippen molar-refractivity contribution in [1.29, 1.82) is 0 Å². The van der Waals surface area contributed by atoms with Crippen molar-refractivity contribution in [2.24, 2.45) is 0 Å². The molecule has 0 saturated carbocycles. The van der Waals surface area contributed by atoms with Gasteiger partial charge in [-0.15, -0.1) is 0 Å². The third kappa shape index (κ3) is 3.48. The number of aryl methyl sites for hydroxylation is 2. The van der Waals surface area contributed by atoms with Crippen molar-refractivity contribution in [3.8, 4) is 0 Å². The van der Waals surface area contributed by atoms with Crippen LogP contribution in [0.25, 0.3) is 0 Å². The van der Waals surface area contributed by atoms with Gasteiger partial charge < -0.3 is 5.32 Å². The summed E-state index contributed by atoms with van der Waals surface area (Å²) < 4.78 is 26.6. The second kappa shape index (κ2) is 6.07. The molecule has 2 N–H and O–H groups in total. The Morgan fingerprint density at radius 3 is 2.71 bits per heavy atom. The molecule has 0 aliphatic heterocycles. The van der Waals surface area contributed by atoms with E-state index >= 15 is 0 Å². The Bertz CT molecular complexity index is 633. The van der Waals surface area contributed by atoms with Gasteiger partial charge in [-0.3, -0.25) is 14.5 Å². The highest BCUT2D eigenvalue weighted by Crippen LogP contribution is 2.18. The minimum atomic E-state index is -2.73. The zero-order valence-electron chi connectivity index (χ0n) is 12.2. The number of H-pyrrole nitrogens is 1. The van der Waals surface area contributed by atoms with Crippen LogP contribution in [0.4, 0.5) is 8.78 Å². The molecular weight excluding hydrogens is 278 g/mol. The Morgan fingerprint density at radius 1 is 1.43 bits per heavy atom. The fourth-order valence-electron chi connectivity index (χ4n) is 2.24. The van der Waals surface area contributed by atoms with Gasteiger partial charge in [0.2, 0.25) is 0 Å². The topological polar surface area (TPSA) is 62.7 Å². The summed E-state index contributed by atoms with van der Waals surface area (Å²) in [6.07, 6.45) is 0.532. The SMILES string of the molecule is Cc1cc(C[C@H](C)NC(=O)c2ccc(C)n2C(F)F)n[nH]1. The average Bonchev–Trinajstić information content (AvgIpc) is 2.95. The number of nitrogens with one attached hydrogen (secondary N) is 2. The molecule has 0 spiro atoms. The molecule has 1 atom stereocenters. The number of hydrogen-bond donors (Lipinski definition) is 2. The van der Waals surface area contributed by atoms with Crippen LogP contribution >= 0.6 is 0 Å². The van der Waals surface area contributed by atoms with Crippen molar-refractivity contribution in [3.05, 3.63) is 41.0 Å². The lowest BCUT2D eigenvalue weighted by Crippen LogP contribution is -2.35. The molecule has 2 aromatic rings. The maximum absolute atomic E-state index is 12.9. The molecule has 7 heteroatoms. The number of nitrogens with zero attached hydrogens (tertiary/aromatic N) is 2. The number of carbonyl (C=O) groups is 1. The molecule has 0 aliphatic carbocycles. The molecule has 0 saturated heterocycles. The normalized spacial score (nSPS) is 12.7. The highest BCUT2D eigenvalue weighted by atomic mass is 19.3. The Labute approximate surface area is 121 Å². The van der Waals surface area contributed by atoms with Gasteiger partial charge in [0.15, 0.2) is 0 Å². The highest BCUT2D eigenvalue weighted by molar-refractivity contribution is 5.93. The lowest BCUT2D eigenvalue weighted by Gasteiger charge is -2.14. The third-order valence-corrected chi connectivity index (χ3v) is 3.20. The number of alkyl halides is 2. The van der Waals surface area contributed by atoms with Crippen LogP contribution in [0, 0.1) is 13.8 Å². The number of halogens is 2. The predicted octanol–water partition coefficient (Wildman–Crippen LogP) is 2.58. The Hall–Kier alpha value is -2.18. The summed E-state index contributed by atoms with van der Waals surface area (Å²) in [6, 6.07) is 4.58. The smallest absolute Gasteiger partial charge is 0.319 e. The predicted molar refractivity (Wildman–Crippen MR) is 74.4 cm³/mol. The van der Waals surface area contributed by atoms with Crippen molar-refractivity contribution in [1.82, 2.24) is 20.1 Å². The third-order valence-electron chi connectivity index (χ3n) is 3.20. The first-order valence-electron chi connectivity index (χ1n) is 6.66. The first kappa shape index (κ1) is 15.2. The molecular formula is C14H18F2N4O. The summed E-state index contributed by atoms with van der Waals surface area (Å²) in [5, 5.41) is 9.62. The van der Waals surface area contributed by atoms with Crippen LogP contribution in [0.1, 0.15) is 41.0 Å². The lowest BCUT2D eigenvalue weighted by atomic mass is 10.1. The zero-order valence-corrected chi connectivity index (χ0v) is 12.2. The van der Waals surface area contributed by atoms with Gasteiger partial charge in [0.05, 0.1) is 5.69 Å². The molecule has 5 nitrogen and oxygen atoms in total. The van der Waals surface area contributed by atoms with E-state index in [2.05, 4.69) is 15.5 Å². The monoisotopic (exact) mass is 296 g/mol. The molecule has 0 bridgehead atoms. The minimum Gasteiger partial charge on any atom is -0.348 e. The van der Waals surface area contributed by atoms with Gasteiger partial charge in [0.25, 0.3) is 5.91 Å². The Morgan fingerprint density at radius 2 is 2.14 bits per heavy atom. The van der Waals surface area contributed by atoms with Crippen LogP contribution in [0.2, 0.25) is 0 Å². The first-order chi connectivity index (χ1) is 9.88. The number of aromatic amines is 1. The Balaban J connectivity index is 2.04. The fourth-order valence-corrected chi connectivity index (χ4v) is 2.24. The average molecular weight is 296 g/mol. The van der Waals surface area contributed by atoms with Gasteiger partial charge in [0.1, 0.15) is 5.69 Å². The summed E-state index contributed by atoms with van der Waals surface area (Å²) >= 11 is 0. The second-order valence-corrected chi connectivity index (χ2v) is 5.13. The van der Waals surface area contributed by atoms with Gasteiger partial charge in [-0.05, 0) is 39.0 Å². The quantitative estimate of drug-likeness (QED) is 0.891. The molecule has 21 heavy (non-hydrogen) atoms. The van der Waals surface area contributed by atoms with E-state index in [1.807, 2.05) is 19.9 Å². The molecule has 2 rings (SSSR count). The first-order valence-corrected chi connectivity index (χ1v) is 6.66. The van der Waals surface area contributed by atoms with E-state index in [4.69, 9.17) is 0 Å². The molecule has 2 heterocycles. The van der Waals surface area contributed by atoms with Crippen molar-refractivity contribution in [2.45, 2.75) is 39.8 Å². The molecule has 0 unspecified atom stereocenters. The van der Waals surface area contributed by atoms with E-state index in [0.717, 1.165) is 16.0 Å². The second-order valence-electron chi connectivity index (χ2n) is 5.13. The van der Waals surface area contributed by atoms with Crippen molar-refractivity contribution in [2.75, 3.05) is 0 Å². The number of hydrogen-bond acceptors (Lipinski definition) is 2. The van der Waals surface area contributed by atoms with Crippen LogP contribution in [-0.2, 0) is 6.42 Å². The summed E-state index contributed by atoms with van der Waals surface area (Å²) in [4.78, 5) is 12.1. The highest BCUT2D eigenvalue weighted by Gasteiger charge is 2.20. The van der Waals surface area contributed by atoms with Gasteiger partial charge in [-0.2, -0.15) is 13.9 Å². The molecule has 2 aromatic heterocycles. The van der Waals surface area contributed by atoms with Crippen molar-refractivity contribution >= 4 is 5.91 Å². The minimum absolute atomic E-state index is 0.0347. The van der Waals surface area contributed by atoms with E-state index in [1.54, 1.807) is 6.92 Å². The van der Waals surface area contributed by atoms with Crippen LogP contribution in [0.15, 0.2) is 18.2 Å². The number of carbonyl (C=O) groups excluding carboxylic acids is 1. The zero-order chi connectivity index (χ0) is 15.6. The number of aromatic nitrogens is 3. The van der Waals surface area contributed by atoms with E-state index in [-0.39, 0.29) is 11.7 Å². The van der Waals surface area contributed by atoms with Crippen molar-refractivity contribution < 1.29 is 13.6 Å². The van der Waals surface area contributed by atoms with E-state index in [1.165, 1.54) is 12.1 Å². The van der Waals surface area contributed by atoms with Gasteiger partial charge >= 0.3 is 6.55 Å². The van der Waals surface area contributed by atoms with E-state index in [9.17, 15) is 13.6 Å². The largest absolute Gasteiger partial charge is 0.348 e. The summed E-state index contributed by atoms with van der Waals surface area (Å²) in [7, 11) is 0. The van der Waals surface area contributed by atoms with E-state index in [0.29, 0.717) is 12.1 Å². The van der Waals surface area contributed by atoms with Gasteiger partial charge in [-0.25, -0.2) is 0 Å². The Kier molecular flexibility index (Phi) is 4.40. The molecule has 1 amide bonds. The summed E-state index contributed by atoms with van der Waals surface area (Å²) in [5.74, 6) is -0.511. The molecule has 0 aliphatic rings. The van der Waals surface area contributed by atoms with Crippen LogP contribution in [-0.4, -0.2) is 26.7 Å². The lowest BCUT2D eigenvalue weighted by molar-refractivity contribution is 0.0614. The molecule has 0 aromatic carbocycles. The maximum atomic E-state index is 12.9. The maximum Gasteiger partial charge on any atom is 0.319 e. The molecule has 0 fully saturated rings. The van der Waals surface area contributed by atoms with Gasteiger partial charge in [-0.1, -0.05) is 0 Å². The summed E-state index contributed by atoms with van der Waals surface area (Å²) in [6.45, 7) is 2.51. The van der Waals surface area contributed by atoms with Crippen LogP contribution in [0.3, 0.4) is 0 Å². The van der Waals surface area contributed by atoms with Crippen LogP contribution < -0.4 is 5.32 Å². The fraction of sp³-hybridized carbons (Fsp3) is 0.429. The molecule has 114 valence electrons. The number of amides is 1. The van der Waals surface area contributed by atoms with Gasteiger partial charge in [0, 0.05) is 23.9 Å². The molecule has 0 radical (unpaired) electrons.